The number of amides is 1. The van der Waals surface area contributed by atoms with Crippen molar-refractivity contribution in [3.63, 3.8) is 0 Å². The van der Waals surface area contributed by atoms with Crippen molar-refractivity contribution in [2.45, 2.75) is 40.2 Å². The molecule has 0 saturated carbocycles. The van der Waals surface area contributed by atoms with Crippen LogP contribution >= 0.6 is 0 Å². The highest BCUT2D eigenvalue weighted by Gasteiger charge is 2.20. The molecular weight excluding hydrogens is 270 g/mol. The highest BCUT2D eigenvalue weighted by molar-refractivity contribution is 5.91. The molecule has 2 aromatic heterocycles. The van der Waals surface area contributed by atoms with Crippen molar-refractivity contribution in [3.05, 3.63) is 23.3 Å². The van der Waals surface area contributed by atoms with Gasteiger partial charge < -0.3 is 10.4 Å². The summed E-state index contributed by atoms with van der Waals surface area (Å²) in [7, 11) is 0. The Kier molecular flexibility index (Phi) is 4.52. The molecule has 0 saturated heterocycles. The first-order valence-corrected chi connectivity index (χ1v) is 7.05. The van der Waals surface area contributed by atoms with Gasteiger partial charge in [0.2, 0.25) is 5.82 Å². The molecule has 2 N–H and O–H groups in total. The molecule has 114 valence electrons. The molecule has 1 amide bonds. The predicted molar refractivity (Wildman–Crippen MR) is 78.1 cm³/mol. The Hall–Kier alpha value is -2.02. The average Bonchev–Trinajstić information content (AvgIpc) is 2.82. The second-order valence-corrected chi connectivity index (χ2v) is 5.52. The molecule has 2 rings (SSSR count). The van der Waals surface area contributed by atoms with E-state index >= 15 is 0 Å². The third kappa shape index (κ3) is 3.36. The van der Waals surface area contributed by atoms with E-state index in [1.807, 2.05) is 33.8 Å². The fourth-order valence-electron chi connectivity index (χ4n) is 2.21. The zero-order valence-corrected chi connectivity index (χ0v) is 12.8. The molecule has 7 nitrogen and oxygen atoms in total. The van der Waals surface area contributed by atoms with Crippen molar-refractivity contribution >= 4 is 11.7 Å². The Morgan fingerprint density at radius 2 is 2.10 bits per heavy atom. The smallest absolute Gasteiger partial charge is 0.291 e. The van der Waals surface area contributed by atoms with E-state index in [1.54, 1.807) is 4.52 Å². The number of aliphatic hydroxyl groups excluding tert-OH is 1. The lowest BCUT2D eigenvalue weighted by Crippen LogP contribution is -2.39. The number of carbonyl (C=O) groups is 1. The molecule has 0 aromatic carbocycles. The summed E-state index contributed by atoms with van der Waals surface area (Å²) in [6.07, 6.45) is 0.507. The molecule has 0 bridgehead atoms. The summed E-state index contributed by atoms with van der Waals surface area (Å²) >= 11 is 0. The fraction of sp³-hybridized carbons (Fsp3) is 0.571. The van der Waals surface area contributed by atoms with Crippen LogP contribution in [-0.4, -0.2) is 43.2 Å². The molecule has 1 atom stereocenters. The molecule has 0 fully saturated rings. The van der Waals surface area contributed by atoms with Crippen LogP contribution in [0.15, 0.2) is 6.07 Å². The third-order valence-corrected chi connectivity index (χ3v) is 3.38. The van der Waals surface area contributed by atoms with Crippen LogP contribution in [-0.2, 0) is 0 Å². The van der Waals surface area contributed by atoms with Gasteiger partial charge in [-0.2, -0.15) is 4.98 Å². The standard InChI is InChI=1S/C14H21N5O2/c1-8(2)11(5-6-20)16-13(21)12-17-14-15-9(3)7-10(4)19(14)18-12/h7-8,11,20H,5-6H2,1-4H3,(H,16,21). The second kappa shape index (κ2) is 6.17. The number of hydrogen-bond acceptors (Lipinski definition) is 5. The van der Waals surface area contributed by atoms with Crippen LogP contribution in [0.3, 0.4) is 0 Å². The second-order valence-electron chi connectivity index (χ2n) is 5.52. The molecule has 21 heavy (non-hydrogen) atoms. The van der Waals surface area contributed by atoms with Crippen molar-refractivity contribution in [2.24, 2.45) is 5.92 Å². The molecule has 2 heterocycles. The lowest BCUT2D eigenvalue weighted by Gasteiger charge is -2.20. The molecule has 1 unspecified atom stereocenters. The molecule has 0 spiro atoms. The number of hydrogen-bond donors (Lipinski definition) is 2. The summed E-state index contributed by atoms with van der Waals surface area (Å²) in [5, 5.41) is 16.1. The van der Waals surface area contributed by atoms with Gasteiger partial charge in [-0.1, -0.05) is 13.8 Å². The number of rotatable bonds is 5. The van der Waals surface area contributed by atoms with Crippen LogP contribution in [0.5, 0.6) is 0 Å². The Bertz CT molecular complexity index is 650. The zero-order chi connectivity index (χ0) is 15.6. The maximum absolute atomic E-state index is 12.2. The van der Waals surface area contributed by atoms with E-state index in [4.69, 9.17) is 5.11 Å². The SMILES string of the molecule is Cc1cc(C)n2nc(C(=O)NC(CCO)C(C)C)nc2n1. The summed E-state index contributed by atoms with van der Waals surface area (Å²) in [6, 6.07) is 1.77. The maximum atomic E-state index is 12.2. The van der Waals surface area contributed by atoms with E-state index in [2.05, 4.69) is 20.4 Å². The minimum Gasteiger partial charge on any atom is -0.396 e. The van der Waals surface area contributed by atoms with Gasteiger partial charge >= 0.3 is 0 Å². The van der Waals surface area contributed by atoms with Gasteiger partial charge in [0, 0.05) is 24.0 Å². The Labute approximate surface area is 123 Å². The Morgan fingerprint density at radius 3 is 2.71 bits per heavy atom. The van der Waals surface area contributed by atoms with E-state index in [9.17, 15) is 4.79 Å². The molecule has 2 aromatic rings. The van der Waals surface area contributed by atoms with Crippen molar-refractivity contribution < 1.29 is 9.90 Å². The van der Waals surface area contributed by atoms with Crippen molar-refractivity contribution in [2.75, 3.05) is 6.61 Å². The monoisotopic (exact) mass is 291 g/mol. The number of aryl methyl sites for hydroxylation is 2. The lowest BCUT2D eigenvalue weighted by molar-refractivity contribution is 0.0906. The summed E-state index contributed by atoms with van der Waals surface area (Å²) in [5.41, 5.74) is 1.71. The molecule has 0 radical (unpaired) electrons. The van der Waals surface area contributed by atoms with E-state index in [0.29, 0.717) is 12.2 Å². The highest BCUT2D eigenvalue weighted by Crippen LogP contribution is 2.08. The summed E-state index contributed by atoms with van der Waals surface area (Å²) in [4.78, 5) is 20.7. The third-order valence-electron chi connectivity index (χ3n) is 3.38. The van der Waals surface area contributed by atoms with Gasteiger partial charge in [-0.3, -0.25) is 4.79 Å². The van der Waals surface area contributed by atoms with E-state index < -0.39 is 0 Å². The van der Waals surface area contributed by atoms with Crippen LogP contribution in [0, 0.1) is 19.8 Å². The average molecular weight is 291 g/mol. The van der Waals surface area contributed by atoms with Crippen LogP contribution in [0.4, 0.5) is 0 Å². The van der Waals surface area contributed by atoms with E-state index in [1.165, 1.54) is 0 Å². The number of nitrogens with one attached hydrogen (secondary N) is 1. The molecule has 0 aliphatic carbocycles. The topological polar surface area (TPSA) is 92.4 Å². The predicted octanol–water partition coefficient (Wildman–Crippen LogP) is 0.878. The van der Waals surface area contributed by atoms with Gasteiger partial charge in [0.25, 0.3) is 11.7 Å². The van der Waals surface area contributed by atoms with Crippen LogP contribution in [0.25, 0.3) is 5.78 Å². The van der Waals surface area contributed by atoms with Gasteiger partial charge in [0.1, 0.15) is 0 Å². The summed E-state index contributed by atoms with van der Waals surface area (Å²) in [5.74, 6) is 0.394. The summed E-state index contributed by atoms with van der Waals surface area (Å²) in [6.45, 7) is 7.78. The molecular formula is C14H21N5O2. The number of aromatic nitrogens is 4. The van der Waals surface area contributed by atoms with Gasteiger partial charge in [-0.05, 0) is 32.3 Å². The van der Waals surface area contributed by atoms with Gasteiger partial charge in [-0.15, -0.1) is 5.10 Å². The molecule has 7 heteroatoms. The van der Waals surface area contributed by atoms with E-state index in [0.717, 1.165) is 11.4 Å². The number of carbonyl (C=O) groups excluding carboxylic acids is 1. The zero-order valence-electron chi connectivity index (χ0n) is 12.8. The van der Waals surface area contributed by atoms with Crippen molar-refractivity contribution in [3.8, 4) is 0 Å². The first kappa shape index (κ1) is 15.4. The minimum absolute atomic E-state index is 0.0293. The number of nitrogens with zero attached hydrogens (tertiary/aromatic N) is 4. The normalized spacial score (nSPS) is 12.9. The highest BCUT2D eigenvalue weighted by atomic mass is 16.3. The quantitative estimate of drug-likeness (QED) is 0.853. The van der Waals surface area contributed by atoms with Crippen LogP contribution in [0.2, 0.25) is 0 Å². The van der Waals surface area contributed by atoms with Gasteiger partial charge in [0.05, 0.1) is 0 Å². The number of fused-ring (bicyclic) bond motifs is 1. The maximum Gasteiger partial charge on any atom is 0.291 e. The Morgan fingerprint density at radius 1 is 1.38 bits per heavy atom. The van der Waals surface area contributed by atoms with E-state index in [-0.39, 0.29) is 30.3 Å². The molecule has 0 aliphatic rings. The van der Waals surface area contributed by atoms with Crippen LogP contribution in [0.1, 0.15) is 42.3 Å². The lowest BCUT2D eigenvalue weighted by atomic mass is 10.0. The summed E-state index contributed by atoms with van der Waals surface area (Å²) < 4.78 is 1.55. The molecule has 0 aliphatic heterocycles. The van der Waals surface area contributed by atoms with Crippen molar-refractivity contribution in [1.82, 2.24) is 24.9 Å². The minimum atomic E-state index is -0.343. The number of aliphatic hydroxyl groups is 1. The fourth-order valence-corrected chi connectivity index (χ4v) is 2.21. The largest absolute Gasteiger partial charge is 0.396 e. The van der Waals surface area contributed by atoms with Gasteiger partial charge in [0.15, 0.2) is 0 Å². The first-order chi connectivity index (χ1) is 9.92. The Balaban J connectivity index is 2.25. The van der Waals surface area contributed by atoms with Crippen LogP contribution < -0.4 is 5.32 Å². The van der Waals surface area contributed by atoms with Gasteiger partial charge in [-0.25, -0.2) is 9.50 Å². The van der Waals surface area contributed by atoms with Crippen molar-refractivity contribution in [1.29, 1.82) is 0 Å². The first-order valence-electron chi connectivity index (χ1n) is 7.05.